The van der Waals surface area contributed by atoms with Crippen molar-refractivity contribution in [3.63, 3.8) is 0 Å². The molecule has 41 heavy (non-hydrogen) atoms. The van der Waals surface area contributed by atoms with Gasteiger partial charge in [0.2, 0.25) is 0 Å². The van der Waals surface area contributed by atoms with Gasteiger partial charge in [0, 0.05) is 24.2 Å². The second kappa shape index (κ2) is 18.6. The van der Waals surface area contributed by atoms with E-state index in [1.54, 1.807) is 32.4 Å². The number of anilines is 2. The van der Waals surface area contributed by atoms with Crippen LogP contribution in [-0.2, 0) is 11.3 Å². The number of aromatic nitrogens is 1. The lowest BCUT2D eigenvalue weighted by Crippen LogP contribution is -2.26. The Hall–Kier alpha value is -3.68. The third-order valence-corrected chi connectivity index (χ3v) is 6.51. The second-order valence-corrected chi connectivity index (χ2v) is 9.20. The molecule has 2 aromatic carbocycles. The lowest BCUT2D eigenvalue weighted by Gasteiger charge is -2.20. The number of rotatable bonds is 6. The highest BCUT2D eigenvalue weighted by Crippen LogP contribution is 2.30. The first-order valence-corrected chi connectivity index (χ1v) is 13.5. The van der Waals surface area contributed by atoms with Crippen LogP contribution in [0.5, 0.6) is 5.75 Å². The van der Waals surface area contributed by atoms with E-state index in [0.717, 1.165) is 23.0 Å². The van der Waals surface area contributed by atoms with E-state index >= 15 is 0 Å². The number of carbonyl (C=O) groups excluding carboxylic acids is 1. The SMILES string of the molecule is C=O.CN.CNC1CCCCC1.CNc1cccc2c1cc(C#CCNc1ccc(C)cc1OC)n2CC(F)(F)F. The van der Waals surface area contributed by atoms with Crippen molar-refractivity contribution in [2.75, 3.05) is 45.4 Å². The summed E-state index contributed by atoms with van der Waals surface area (Å²) in [4.78, 5) is 8.00. The number of nitrogens with two attached hydrogens (primary N) is 1. The Balaban J connectivity index is 0.000000590. The molecule has 0 atom stereocenters. The zero-order chi connectivity index (χ0) is 30.8. The van der Waals surface area contributed by atoms with Crippen molar-refractivity contribution in [3.05, 3.63) is 53.7 Å². The average molecular weight is 576 g/mol. The first kappa shape index (κ1) is 35.3. The van der Waals surface area contributed by atoms with Gasteiger partial charge in [0.1, 0.15) is 19.1 Å². The van der Waals surface area contributed by atoms with E-state index in [4.69, 9.17) is 9.53 Å². The first-order valence-electron chi connectivity index (χ1n) is 13.5. The van der Waals surface area contributed by atoms with Crippen LogP contribution in [0.2, 0.25) is 0 Å². The van der Waals surface area contributed by atoms with Gasteiger partial charge in [0.05, 0.1) is 30.6 Å². The highest BCUT2D eigenvalue weighted by Gasteiger charge is 2.29. The van der Waals surface area contributed by atoms with Crippen molar-refractivity contribution >= 4 is 29.1 Å². The molecular weight excluding hydrogens is 531 g/mol. The Morgan fingerprint density at radius 3 is 2.29 bits per heavy atom. The van der Waals surface area contributed by atoms with Gasteiger partial charge in [0.25, 0.3) is 0 Å². The minimum Gasteiger partial charge on any atom is -0.495 e. The Morgan fingerprint density at radius 1 is 1.05 bits per heavy atom. The summed E-state index contributed by atoms with van der Waals surface area (Å²) >= 11 is 0. The van der Waals surface area contributed by atoms with Crippen LogP contribution in [0, 0.1) is 18.8 Å². The number of benzene rings is 2. The maximum atomic E-state index is 13.1. The second-order valence-electron chi connectivity index (χ2n) is 9.20. The maximum Gasteiger partial charge on any atom is 0.406 e. The molecular formula is C31H44F3N5O2. The molecule has 0 aliphatic heterocycles. The number of aryl methyl sites for hydroxylation is 1. The molecule has 1 saturated carbocycles. The number of nitrogens with one attached hydrogen (secondary N) is 3. The number of nitrogens with zero attached hydrogens (tertiary/aromatic N) is 1. The number of halogens is 3. The maximum absolute atomic E-state index is 13.1. The topological polar surface area (TPSA) is 93.3 Å². The van der Waals surface area contributed by atoms with E-state index < -0.39 is 12.7 Å². The Bertz CT molecular complexity index is 1240. The van der Waals surface area contributed by atoms with E-state index in [1.807, 2.05) is 38.0 Å². The fraction of sp³-hybridized carbons (Fsp3) is 0.452. The number of carbonyl (C=O) groups is 1. The van der Waals surface area contributed by atoms with Gasteiger partial charge >= 0.3 is 6.18 Å². The van der Waals surface area contributed by atoms with Gasteiger partial charge in [-0.25, -0.2) is 0 Å². The molecule has 1 aromatic heterocycles. The van der Waals surface area contributed by atoms with Gasteiger partial charge in [0.15, 0.2) is 0 Å². The highest BCUT2D eigenvalue weighted by molar-refractivity contribution is 5.93. The molecule has 0 amide bonds. The Morgan fingerprint density at radius 2 is 1.73 bits per heavy atom. The van der Waals surface area contributed by atoms with Crippen molar-refractivity contribution in [2.24, 2.45) is 5.73 Å². The lowest BCUT2D eigenvalue weighted by molar-refractivity contribution is -0.140. The molecule has 0 spiro atoms. The van der Waals surface area contributed by atoms with Crippen LogP contribution in [0.25, 0.3) is 10.9 Å². The lowest BCUT2D eigenvalue weighted by atomic mass is 9.96. The summed E-state index contributed by atoms with van der Waals surface area (Å²) in [7, 11) is 6.89. The van der Waals surface area contributed by atoms with E-state index in [0.29, 0.717) is 22.3 Å². The predicted octanol–water partition coefficient (Wildman–Crippen LogP) is 5.95. The summed E-state index contributed by atoms with van der Waals surface area (Å²) in [6, 6.07) is 13.5. The Labute approximate surface area is 242 Å². The van der Waals surface area contributed by atoms with Crippen LogP contribution in [0.1, 0.15) is 43.4 Å². The van der Waals surface area contributed by atoms with Crippen molar-refractivity contribution in [1.29, 1.82) is 0 Å². The molecule has 7 nitrogen and oxygen atoms in total. The molecule has 4 rings (SSSR count). The molecule has 1 heterocycles. The number of ether oxygens (including phenoxy) is 1. The predicted molar refractivity (Wildman–Crippen MR) is 164 cm³/mol. The van der Waals surface area contributed by atoms with Gasteiger partial charge in [-0.15, -0.1) is 0 Å². The van der Waals surface area contributed by atoms with Gasteiger partial charge in [-0.3, -0.25) is 0 Å². The number of fused-ring (bicyclic) bond motifs is 1. The molecule has 1 fully saturated rings. The normalized spacial score (nSPS) is 12.7. The smallest absolute Gasteiger partial charge is 0.406 e. The van der Waals surface area contributed by atoms with Crippen molar-refractivity contribution in [1.82, 2.24) is 9.88 Å². The monoisotopic (exact) mass is 575 g/mol. The molecule has 5 N–H and O–H groups in total. The molecule has 1 aliphatic rings. The van der Waals surface area contributed by atoms with Crippen LogP contribution in [-0.4, -0.2) is 58.4 Å². The third kappa shape index (κ3) is 11.4. The summed E-state index contributed by atoms with van der Waals surface area (Å²) < 4.78 is 45.9. The van der Waals surface area contributed by atoms with Gasteiger partial charge in [-0.05, 0) is 75.7 Å². The molecule has 3 aromatic rings. The zero-order valence-electron chi connectivity index (χ0n) is 24.8. The van der Waals surface area contributed by atoms with Crippen LogP contribution < -0.4 is 26.4 Å². The van der Waals surface area contributed by atoms with E-state index in [-0.39, 0.29) is 6.54 Å². The number of methoxy groups -OCH3 is 1. The number of hydrogen-bond donors (Lipinski definition) is 4. The molecule has 0 saturated heterocycles. The van der Waals surface area contributed by atoms with Gasteiger partial charge in [-0.2, -0.15) is 13.2 Å². The molecule has 10 heteroatoms. The quantitative estimate of drug-likeness (QED) is 0.271. The largest absolute Gasteiger partial charge is 0.495 e. The molecule has 1 aliphatic carbocycles. The minimum absolute atomic E-state index is 0.270. The standard InChI is InChI=1S/C22H22F3N3O.C7H15N.CH5N.CH2O/c1-15-9-10-19(21(12-15)29-3)27-11-5-6-16-13-17-18(26-2)7-4-8-20(17)28(16)14-22(23,24)25;1-8-7-5-3-2-4-6-7;2*1-2/h4,7-10,12-13,26-27H,11,14H2,1-3H3;7-8H,2-6H2,1H3;2H2,1H3;1H2. The Kier molecular flexibility index (Phi) is 16.1. The summed E-state index contributed by atoms with van der Waals surface area (Å²) in [6.07, 6.45) is 2.79. The average Bonchev–Trinajstić information content (AvgIpc) is 3.34. The highest BCUT2D eigenvalue weighted by atomic mass is 19.4. The summed E-state index contributed by atoms with van der Waals surface area (Å²) in [5.41, 5.74) is 7.91. The van der Waals surface area contributed by atoms with Crippen LogP contribution in [0.4, 0.5) is 24.5 Å². The summed E-state index contributed by atoms with van der Waals surface area (Å²) in [5.74, 6) is 6.48. The summed E-state index contributed by atoms with van der Waals surface area (Å²) in [5, 5.41) is 10.2. The third-order valence-electron chi connectivity index (χ3n) is 6.51. The molecule has 226 valence electrons. The van der Waals surface area contributed by atoms with Crippen LogP contribution in [0.3, 0.4) is 0 Å². The molecule has 0 unspecified atom stereocenters. The van der Waals surface area contributed by atoms with Gasteiger partial charge in [-0.1, -0.05) is 37.3 Å². The van der Waals surface area contributed by atoms with Crippen molar-refractivity contribution in [2.45, 2.75) is 57.8 Å². The molecule has 0 bridgehead atoms. The van der Waals surface area contributed by atoms with Crippen molar-refractivity contribution in [3.8, 4) is 17.6 Å². The zero-order valence-corrected chi connectivity index (χ0v) is 24.8. The van der Waals surface area contributed by atoms with Gasteiger partial charge < -0.3 is 35.8 Å². The van der Waals surface area contributed by atoms with E-state index in [2.05, 4.69) is 40.6 Å². The number of alkyl halides is 3. The van der Waals surface area contributed by atoms with E-state index in [9.17, 15) is 13.2 Å². The fourth-order valence-corrected chi connectivity index (χ4v) is 4.57. The molecule has 0 radical (unpaired) electrons. The summed E-state index contributed by atoms with van der Waals surface area (Å²) in [6.45, 7) is 3.14. The van der Waals surface area contributed by atoms with Crippen LogP contribution in [0.15, 0.2) is 42.5 Å². The van der Waals surface area contributed by atoms with E-state index in [1.165, 1.54) is 43.7 Å². The first-order chi connectivity index (χ1) is 19.8. The van der Waals surface area contributed by atoms with Crippen molar-refractivity contribution < 1.29 is 22.7 Å². The number of hydrogen-bond acceptors (Lipinski definition) is 6. The minimum atomic E-state index is -4.34. The van der Waals surface area contributed by atoms with Crippen LogP contribution >= 0.6 is 0 Å². The fourth-order valence-electron chi connectivity index (χ4n) is 4.57.